The Kier molecular flexibility index (Phi) is 4.21. The van der Waals surface area contributed by atoms with Gasteiger partial charge in [0.2, 0.25) is 0 Å². The number of hydrogen-bond donors (Lipinski definition) is 1. The number of rotatable bonds is 1. The van der Waals surface area contributed by atoms with Crippen molar-refractivity contribution in [1.82, 2.24) is 0 Å². The van der Waals surface area contributed by atoms with Crippen LogP contribution < -0.4 is 0 Å². The fourth-order valence-corrected chi connectivity index (χ4v) is 3.91. The highest BCUT2D eigenvalue weighted by Crippen LogP contribution is 2.51. The molecule has 3 heteroatoms. The normalized spacial score (nSPS) is 28.4. The molecule has 0 amide bonds. The van der Waals surface area contributed by atoms with Crippen LogP contribution in [0.15, 0.2) is 18.2 Å². The highest BCUT2D eigenvalue weighted by molar-refractivity contribution is 6.33. The van der Waals surface area contributed by atoms with Crippen molar-refractivity contribution < 1.29 is 5.11 Å². The topological polar surface area (TPSA) is 20.2 Å². The molecule has 0 aliphatic heterocycles. The first-order valence-electron chi connectivity index (χ1n) is 6.93. The molecule has 2 atom stereocenters. The summed E-state index contributed by atoms with van der Waals surface area (Å²) in [7, 11) is 0. The highest BCUT2D eigenvalue weighted by atomic mass is 35.5. The predicted molar refractivity (Wildman–Crippen MR) is 81.8 cm³/mol. The molecule has 1 aromatic rings. The molecule has 1 nitrogen and oxygen atoms in total. The molecule has 0 radical (unpaired) electrons. The van der Waals surface area contributed by atoms with E-state index in [4.69, 9.17) is 23.2 Å². The highest BCUT2D eigenvalue weighted by Gasteiger charge is 2.46. The summed E-state index contributed by atoms with van der Waals surface area (Å²) >= 11 is 12.4. The first-order chi connectivity index (χ1) is 8.75. The van der Waals surface area contributed by atoms with Crippen LogP contribution in [0.5, 0.6) is 0 Å². The molecule has 19 heavy (non-hydrogen) atoms. The van der Waals surface area contributed by atoms with E-state index in [9.17, 15) is 5.11 Å². The van der Waals surface area contributed by atoms with Crippen LogP contribution in [0.3, 0.4) is 0 Å². The Morgan fingerprint density at radius 2 is 1.89 bits per heavy atom. The van der Waals surface area contributed by atoms with Crippen LogP contribution in [0.1, 0.15) is 52.0 Å². The first-order valence-corrected chi connectivity index (χ1v) is 7.68. The van der Waals surface area contributed by atoms with Crippen molar-refractivity contribution in [3.63, 3.8) is 0 Å². The van der Waals surface area contributed by atoms with Crippen molar-refractivity contribution >= 4 is 23.2 Å². The van der Waals surface area contributed by atoms with E-state index < -0.39 is 5.60 Å². The Morgan fingerprint density at radius 1 is 1.21 bits per heavy atom. The summed E-state index contributed by atoms with van der Waals surface area (Å²) in [6.07, 6.45) is 3.99. The van der Waals surface area contributed by atoms with Crippen LogP contribution in [0.4, 0.5) is 0 Å². The summed E-state index contributed by atoms with van der Waals surface area (Å²) in [5.74, 6) is 0.199. The van der Waals surface area contributed by atoms with Crippen LogP contribution in [-0.4, -0.2) is 5.11 Å². The smallest absolute Gasteiger partial charge is 0.0944 e. The summed E-state index contributed by atoms with van der Waals surface area (Å²) in [4.78, 5) is 0. The lowest BCUT2D eigenvalue weighted by Gasteiger charge is -2.47. The SMILES string of the molecule is CC(C)(C)C1CCCCC1(O)c1cc(Cl)ccc1Cl. The average Bonchev–Trinajstić information content (AvgIpc) is 2.31. The molecule has 0 spiro atoms. The summed E-state index contributed by atoms with van der Waals surface area (Å²) in [6.45, 7) is 6.56. The van der Waals surface area contributed by atoms with E-state index in [2.05, 4.69) is 20.8 Å². The molecule has 0 saturated heterocycles. The van der Waals surface area contributed by atoms with E-state index in [0.29, 0.717) is 10.0 Å². The third-order valence-corrected chi connectivity index (χ3v) is 4.88. The molecule has 106 valence electrons. The van der Waals surface area contributed by atoms with Crippen molar-refractivity contribution in [2.75, 3.05) is 0 Å². The first kappa shape index (κ1) is 15.2. The molecule has 1 aliphatic rings. The van der Waals surface area contributed by atoms with Crippen molar-refractivity contribution in [1.29, 1.82) is 0 Å². The summed E-state index contributed by atoms with van der Waals surface area (Å²) in [5.41, 5.74) is -0.0273. The van der Waals surface area contributed by atoms with Crippen LogP contribution in [0.2, 0.25) is 10.0 Å². The summed E-state index contributed by atoms with van der Waals surface area (Å²) < 4.78 is 0. The van der Waals surface area contributed by atoms with E-state index in [1.54, 1.807) is 12.1 Å². The van der Waals surface area contributed by atoms with Crippen LogP contribution in [-0.2, 0) is 5.60 Å². The minimum atomic E-state index is -0.863. The van der Waals surface area contributed by atoms with Crippen molar-refractivity contribution in [3.8, 4) is 0 Å². The van der Waals surface area contributed by atoms with E-state index >= 15 is 0 Å². The van der Waals surface area contributed by atoms with Crippen LogP contribution in [0.25, 0.3) is 0 Å². The lowest BCUT2D eigenvalue weighted by Crippen LogP contribution is -2.44. The van der Waals surface area contributed by atoms with Gasteiger partial charge in [-0.25, -0.2) is 0 Å². The van der Waals surface area contributed by atoms with Gasteiger partial charge in [0.1, 0.15) is 0 Å². The third kappa shape index (κ3) is 2.94. The fourth-order valence-electron chi connectivity index (χ4n) is 3.46. The Morgan fingerprint density at radius 3 is 2.53 bits per heavy atom. The molecule has 1 aromatic carbocycles. The van der Waals surface area contributed by atoms with Crippen LogP contribution >= 0.6 is 23.2 Å². The molecular formula is C16H22Cl2O. The van der Waals surface area contributed by atoms with Gasteiger partial charge in [-0.2, -0.15) is 0 Å². The zero-order valence-electron chi connectivity index (χ0n) is 11.8. The Hall–Kier alpha value is -0.240. The molecule has 0 aromatic heterocycles. The predicted octanol–water partition coefficient (Wildman–Crippen LogP) is 5.42. The zero-order valence-corrected chi connectivity index (χ0v) is 13.4. The molecule has 2 unspecified atom stereocenters. The molecule has 1 fully saturated rings. The lowest BCUT2D eigenvalue weighted by molar-refractivity contribution is -0.0958. The number of aliphatic hydroxyl groups is 1. The average molecular weight is 301 g/mol. The van der Waals surface area contributed by atoms with Crippen molar-refractivity contribution in [3.05, 3.63) is 33.8 Å². The molecule has 1 N–H and O–H groups in total. The van der Waals surface area contributed by atoms with Gasteiger partial charge in [-0.3, -0.25) is 0 Å². The van der Waals surface area contributed by atoms with Crippen molar-refractivity contribution in [2.24, 2.45) is 11.3 Å². The molecule has 1 aliphatic carbocycles. The third-order valence-electron chi connectivity index (χ3n) is 4.32. The molecular weight excluding hydrogens is 279 g/mol. The standard InChI is InChI=1S/C16H22Cl2O/c1-15(2,3)14-6-4-5-9-16(14,19)12-10-11(17)7-8-13(12)18/h7-8,10,14,19H,4-6,9H2,1-3H3. The second-order valence-corrected chi connectivity index (χ2v) is 7.56. The summed E-state index contributed by atoms with van der Waals surface area (Å²) in [5, 5.41) is 12.5. The Balaban J connectivity index is 2.51. The van der Waals surface area contributed by atoms with E-state index in [1.165, 1.54) is 6.42 Å². The van der Waals surface area contributed by atoms with Crippen LogP contribution in [0, 0.1) is 11.3 Å². The van der Waals surface area contributed by atoms with E-state index in [0.717, 1.165) is 24.8 Å². The van der Waals surface area contributed by atoms with Gasteiger partial charge in [0.25, 0.3) is 0 Å². The van der Waals surface area contributed by atoms with Gasteiger partial charge < -0.3 is 5.11 Å². The quantitative estimate of drug-likeness (QED) is 0.734. The van der Waals surface area contributed by atoms with Gasteiger partial charge in [-0.15, -0.1) is 0 Å². The molecule has 0 bridgehead atoms. The number of halogens is 2. The lowest BCUT2D eigenvalue weighted by atomic mass is 9.61. The second-order valence-electron chi connectivity index (χ2n) is 6.71. The van der Waals surface area contributed by atoms with E-state index in [-0.39, 0.29) is 11.3 Å². The van der Waals surface area contributed by atoms with Gasteiger partial charge in [0, 0.05) is 15.6 Å². The maximum absolute atomic E-state index is 11.3. The van der Waals surface area contributed by atoms with Crippen molar-refractivity contribution in [2.45, 2.75) is 52.1 Å². The monoisotopic (exact) mass is 300 g/mol. The van der Waals surface area contributed by atoms with Gasteiger partial charge >= 0.3 is 0 Å². The number of benzene rings is 1. The maximum Gasteiger partial charge on any atom is 0.0944 e. The van der Waals surface area contributed by atoms with Gasteiger partial charge in [0.05, 0.1) is 5.60 Å². The van der Waals surface area contributed by atoms with Gasteiger partial charge in [0.15, 0.2) is 0 Å². The van der Waals surface area contributed by atoms with Gasteiger partial charge in [-0.1, -0.05) is 56.8 Å². The zero-order chi connectivity index (χ0) is 14.3. The Labute approximate surface area is 125 Å². The molecule has 0 heterocycles. The fraction of sp³-hybridized carbons (Fsp3) is 0.625. The Bertz CT molecular complexity index is 464. The van der Waals surface area contributed by atoms with E-state index in [1.807, 2.05) is 6.07 Å². The van der Waals surface area contributed by atoms with Gasteiger partial charge in [-0.05, 0) is 42.4 Å². The maximum atomic E-state index is 11.3. The summed E-state index contributed by atoms with van der Waals surface area (Å²) in [6, 6.07) is 5.38. The largest absolute Gasteiger partial charge is 0.385 e. The minimum Gasteiger partial charge on any atom is -0.385 e. The number of hydrogen-bond acceptors (Lipinski definition) is 1. The molecule has 1 saturated carbocycles. The second kappa shape index (κ2) is 5.27. The molecule has 2 rings (SSSR count). The minimum absolute atomic E-state index is 0.0425.